The van der Waals surface area contributed by atoms with E-state index in [0.717, 1.165) is 28.3 Å². The fraction of sp³-hybridized carbons (Fsp3) is 0.318. The minimum absolute atomic E-state index is 0.0613. The van der Waals surface area contributed by atoms with Crippen LogP contribution in [0.25, 0.3) is 0 Å². The molecule has 1 N–H and O–H groups in total. The Labute approximate surface area is 186 Å². The van der Waals surface area contributed by atoms with Gasteiger partial charge in [-0.1, -0.05) is 47.6 Å². The number of ether oxygens (including phenoxy) is 1. The molecule has 3 rings (SSSR count). The van der Waals surface area contributed by atoms with Crippen molar-refractivity contribution in [3.05, 3.63) is 70.0 Å². The third kappa shape index (κ3) is 6.00. The van der Waals surface area contributed by atoms with Gasteiger partial charge in [0.1, 0.15) is 12.4 Å². The Morgan fingerprint density at radius 3 is 2.67 bits per heavy atom. The van der Waals surface area contributed by atoms with E-state index in [2.05, 4.69) is 21.6 Å². The van der Waals surface area contributed by atoms with Crippen LogP contribution in [0.1, 0.15) is 29.4 Å². The molecule has 0 saturated heterocycles. The predicted octanol–water partition coefficient (Wildman–Crippen LogP) is 4.56. The number of thioether (sulfide) groups is 1. The van der Waals surface area contributed by atoms with Crippen molar-refractivity contribution in [1.82, 2.24) is 20.1 Å². The van der Waals surface area contributed by atoms with Crippen molar-refractivity contribution in [3.8, 4) is 5.75 Å². The molecule has 8 heteroatoms. The van der Waals surface area contributed by atoms with Gasteiger partial charge in [-0.2, -0.15) is 0 Å². The third-order valence-electron chi connectivity index (χ3n) is 4.55. The maximum Gasteiger partial charge on any atom is 0.230 e. The van der Waals surface area contributed by atoms with E-state index in [0.29, 0.717) is 29.9 Å². The van der Waals surface area contributed by atoms with E-state index >= 15 is 0 Å². The first kappa shape index (κ1) is 22.2. The van der Waals surface area contributed by atoms with Gasteiger partial charge in [0.2, 0.25) is 5.91 Å². The molecule has 1 amide bonds. The van der Waals surface area contributed by atoms with Gasteiger partial charge in [0, 0.05) is 18.1 Å². The SMILES string of the molecule is CCn1c(COc2cc(C)ccc2C)nnc1SCC(=O)NCc1ccc(Cl)cc1. The van der Waals surface area contributed by atoms with Gasteiger partial charge < -0.3 is 14.6 Å². The Balaban J connectivity index is 1.54. The molecule has 6 nitrogen and oxygen atoms in total. The van der Waals surface area contributed by atoms with E-state index in [4.69, 9.17) is 16.3 Å². The lowest BCUT2D eigenvalue weighted by atomic mass is 10.1. The number of benzene rings is 2. The zero-order chi connectivity index (χ0) is 21.5. The van der Waals surface area contributed by atoms with Gasteiger partial charge in [0.05, 0.1) is 5.75 Å². The molecule has 0 radical (unpaired) electrons. The van der Waals surface area contributed by atoms with Crippen LogP contribution in [0.15, 0.2) is 47.6 Å². The van der Waals surface area contributed by atoms with Crippen LogP contribution >= 0.6 is 23.4 Å². The van der Waals surface area contributed by atoms with E-state index in [1.807, 2.05) is 61.7 Å². The molecule has 0 fully saturated rings. The Kier molecular flexibility index (Phi) is 7.76. The maximum atomic E-state index is 12.2. The average Bonchev–Trinajstić information content (AvgIpc) is 3.14. The molecule has 2 aromatic carbocycles. The van der Waals surface area contributed by atoms with Crippen LogP contribution in [0.5, 0.6) is 5.75 Å². The van der Waals surface area contributed by atoms with Gasteiger partial charge in [0.15, 0.2) is 11.0 Å². The Morgan fingerprint density at radius 2 is 1.93 bits per heavy atom. The topological polar surface area (TPSA) is 69.0 Å². The number of nitrogens with one attached hydrogen (secondary N) is 1. The molecule has 0 unspecified atom stereocenters. The first-order chi connectivity index (χ1) is 14.5. The van der Waals surface area contributed by atoms with Crippen molar-refractivity contribution in [3.63, 3.8) is 0 Å². The van der Waals surface area contributed by atoms with Crippen molar-refractivity contribution in [1.29, 1.82) is 0 Å². The minimum atomic E-state index is -0.0613. The molecule has 0 aliphatic heterocycles. The van der Waals surface area contributed by atoms with Crippen LogP contribution in [0, 0.1) is 13.8 Å². The van der Waals surface area contributed by atoms with Crippen molar-refractivity contribution >= 4 is 29.3 Å². The van der Waals surface area contributed by atoms with Gasteiger partial charge in [-0.05, 0) is 55.7 Å². The highest BCUT2D eigenvalue weighted by atomic mass is 35.5. The Bertz CT molecular complexity index is 1000. The molecule has 0 aliphatic rings. The summed E-state index contributed by atoms with van der Waals surface area (Å²) in [4.78, 5) is 12.2. The monoisotopic (exact) mass is 444 g/mol. The average molecular weight is 445 g/mol. The van der Waals surface area contributed by atoms with E-state index in [1.165, 1.54) is 11.8 Å². The number of amides is 1. The second kappa shape index (κ2) is 10.5. The van der Waals surface area contributed by atoms with Crippen LogP contribution in [0.2, 0.25) is 5.02 Å². The van der Waals surface area contributed by atoms with Crippen molar-refractivity contribution in [2.75, 3.05) is 5.75 Å². The lowest BCUT2D eigenvalue weighted by molar-refractivity contribution is -0.118. The molecule has 0 atom stereocenters. The smallest absolute Gasteiger partial charge is 0.230 e. The van der Waals surface area contributed by atoms with Gasteiger partial charge in [-0.15, -0.1) is 10.2 Å². The lowest BCUT2D eigenvalue weighted by Gasteiger charge is -2.11. The number of halogens is 1. The van der Waals surface area contributed by atoms with Crippen molar-refractivity contribution in [2.24, 2.45) is 0 Å². The fourth-order valence-electron chi connectivity index (χ4n) is 2.84. The molecule has 158 valence electrons. The quantitative estimate of drug-likeness (QED) is 0.490. The van der Waals surface area contributed by atoms with Crippen molar-refractivity contribution < 1.29 is 9.53 Å². The first-order valence-corrected chi connectivity index (χ1v) is 11.1. The molecule has 1 heterocycles. The van der Waals surface area contributed by atoms with Gasteiger partial charge in [-0.3, -0.25) is 4.79 Å². The molecule has 3 aromatic rings. The third-order valence-corrected chi connectivity index (χ3v) is 5.76. The fourth-order valence-corrected chi connectivity index (χ4v) is 3.82. The number of carbonyl (C=O) groups is 1. The molecule has 0 bridgehead atoms. The van der Waals surface area contributed by atoms with Crippen molar-refractivity contribution in [2.45, 2.75) is 45.6 Å². The van der Waals surface area contributed by atoms with E-state index in [1.54, 1.807) is 0 Å². The van der Waals surface area contributed by atoms with E-state index in [-0.39, 0.29) is 11.7 Å². The van der Waals surface area contributed by atoms with Gasteiger partial charge in [-0.25, -0.2) is 0 Å². The highest BCUT2D eigenvalue weighted by Gasteiger charge is 2.14. The lowest BCUT2D eigenvalue weighted by Crippen LogP contribution is -2.24. The number of aromatic nitrogens is 3. The molecular formula is C22H25ClN4O2S. The second-order valence-corrected chi connectivity index (χ2v) is 8.27. The highest BCUT2D eigenvalue weighted by molar-refractivity contribution is 7.99. The number of aryl methyl sites for hydroxylation is 2. The maximum absolute atomic E-state index is 12.2. The first-order valence-electron chi connectivity index (χ1n) is 9.72. The van der Waals surface area contributed by atoms with E-state index < -0.39 is 0 Å². The number of hydrogen-bond acceptors (Lipinski definition) is 5. The number of hydrogen-bond donors (Lipinski definition) is 1. The highest BCUT2D eigenvalue weighted by Crippen LogP contribution is 2.22. The zero-order valence-corrected chi connectivity index (χ0v) is 18.9. The predicted molar refractivity (Wildman–Crippen MR) is 120 cm³/mol. The summed E-state index contributed by atoms with van der Waals surface area (Å²) in [6, 6.07) is 13.5. The van der Waals surface area contributed by atoms with Gasteiger partial charge in [0.25, 0.3) is 0 Å². The minimum Gasteiger partial charge on any atom is -0.485 e. The summed E-state index contributed by atoms with van der Waals surface area (Å²) in [5, 5.41) is 12.8. The second-order valence-electron chi connectivity index (χ2n) is 6.89. The molecule has 0 spiro atoms. The zero-order valence-electron chi connectivity index (χ0n) is 17.3. The summed E-state index contributed by atoms with van der Waals surface area (Å²) in [6.07, 6.45) is 0. The normalized spacial score (nSPS) is 10.8. The van der Waals surface area contributed by atoms with Crippen LogP contribution in [-0.2, 0) is 24.5 Å². The molecular weight excluding hydrogens is 420 g/mol. The summed E-state index contributed by atoms with van der Waals surface area (Å²) in [5.41, 5.74) is 3.23. The van der Waals surface area contributed by atoms with Crippen LogP contribution in [0.3, 0.4) is 0 Å². The molecule has 0 saturated carbocycles. The Morgan fingerprint density at radius 1 is 1.17 bits per heavy atom. The van der Waals surface area contributed by atoms with Crippen LogP contribution < -0.4 is 10.1 Å². The Hall–Kier alpha value is -2.51. The summed E-state index contributed by atoms with van der Waals surface area (Å²) < 4.78 is 7.93. The van der Waals surface area contributed by atoms with E-state index in [9.17, 15) is 4.79 Å². The molecule has 1 aromatic heterocycles. The summed E-state index contributed by atoms with van der Waals surface area (Å²) in [6.45, 7) is 7.57. The van der Waals surface area contributed by atoms with Gasteiger partial charge >= 0.3 is 0 Å². The summed E-state index contributed by atoms with van der Waals surface area (Å²) >= 11 is 7.25. The number of nitrogens with zero attached hydrogens (tertiary/aromatic N) is 3. The van der Waals surface area contributed by atoms with Crippen LogP contribution in [-0.4, -0.2) is 26.4 Å². The number of rotatable bonds is 9. The number of carbonyl (C=O) groups excluding carboxylic acids is 1. The molecule has 0 aliphatic carbocycles. The molecule has 30 heavy (non-hydrogen) atoms. The summed E-state index contributed by atoms with van der Waals surface area (Å²) in [5.74, 6) is 1.79. The largest absolute Gasteiger partial charge is 0.485 e. The summed E-state index contributed by atoms with van der Waals surface area (Å²) in [7, 11) is 0. The van der Waals surface area contributed by atoms with Crippen LogP contribution in [0.4, 0.5) is 0 Å². The standard InChI is InChI=1S/C22H25ClN4O2S/c1-4-27-20(13-29-19-11-15(2)5-6-16(19)3)25-26-22(27)30-14-21(28)24-12-17-7-9-18(23)10-8-17/h5-11H,4,12-14H2,1-3H3,(H,24,28).